The van der Waals surface area contributed by atoms with E-state index in [1.807, 2.05) is 24.3 Å². The Bertz CT molecular complexity index is 915. The Morgan fingerprint density at radius 2 is 1.85 bits per heavy atom. The molecule has 0 fully saturated rings. The molecule has 0 saturated carbocycles. The van der Waals surface area contributed by atoms with Gasteiger partial charge in [-0.15, -0.1) is 10.2 Å². The van der Waals surface area contributed by atoms with Gasteiger partial charge in [-0.3, -0.25) is 5.32 Å². The van der Waals surface area contributed by atoms with Crippen LogP contribution in [0.3, 0.4) is 0 Å². The van der Waals surface area contributed by atoms with Crippen molar-refractivity contribution in [1.82, 2.24) is 10.2 Å². The zero-order chi connectivity index (χ0) is 18.5. The third kappa shape index (κ3) is 4.85. The predicted octanol–water partition coefficient (Wildman–Crippen LogP) is 5.09. The van der Waals surface area contributed by atoms with Gasteiger partial charge in [-0.25, -0.2) is 4.79 Å². The first kappa shape index (κ1) is 18.4. The van der Waals surface area contributed by atoms with Crippen molar-refractivity contribution >= 4 is 51.4 Å². The number of anilines is 2. The zero-order valence-corrected chi connectivity index (χ0v) is 16.0. The topological polar surface area (TPSA) is 76.1 Å². The van der Waals surface area contributed by atoms with Crippen molar-refractivity contribution in [3.8, 4) is 5.75 Å². The van der Waals surface area contributed by atoms with E-state index in [4.69, 9.17) is 27.9 Å². The Labute approximate surface area is 164 Å². The number of carbonyl (C=O) groups excluding carboxylic acids is 1. The first-order valence-corrected chi connectivity index (χ1v) is 9.09. The molecule has 0 aliphatic rings. The number of hydrogen-bond acceptors (Lipinski definition) is 5. The van der Waals surface area contributed by atoms with Gasteiger partial charge in [0.05, 0.1) is 17.2 Å². The van der Waals surface area contributed by atoms with E-state index < -0.39 is 6.03 Å². The largest absolute Gasteiger partial charge is 0.497 e. The van der Waals surface area contributed by atoms with Gasteiger partial charge in [-0.1, -0.05) is 46.7 Å². The van der Waals surface area contributed by atoms with E-state index in [2.05, 4.69) is 20.8 Å². The van der Waals surface area contributed by atoms with E-state index >= 15 is 0 Å². The van der Waals surface area contributed by atoms with Crippen molar-refractivity contribution in [1.29, 1.82) is 0 Å². The number of rotatable bonds is 5. The maximum Gasteiger partial charge on any atom is 0.325 e. The molecule has 9 heteroatoms. The molecule has 2 N–H and O–H groups in total. The average molecular weight is 409 g/mol. The van der Waals surface area contributed by atoms with Gasteiger partial charge >= 0.3 is 6.03 Å². The lowest BCUT2D eigenvalue weighted by atomic mass is 10.1. The summed E-state index contributed by atoms with van der Waals surface area (Å²) in [4.78, 5) is 12.0. The summed E-state index contributed by atoms with van der Waals surface area (Å²) in [5, 5.41) is 15.4. The maximum atomic E-state index is 12.0. The van der Waals surface area contributed by atoms with E-state index in [0.717, 1.165) is 16.3 Å². The smallest absolute Gasteiger partial charge is 0.325 e. The number of hydrogen-bond donors (Lipinski definition) is 2. The summed E-state index contributed by atoms with van der Waals surface area (Å²) in [5.74, 6) is 0.798. The highest BCUT2D eigenvalue weighted by atomic mass is 35.5. The fraction of sp³-hybridized carbons (Fsp3) is 0.118. The summed E-state index contributed by atoms with van der Waals surface area (Å²) in [5.41, 5.74) is 1.61. The molecule has 0 radical (unpaired) electrons. The van der Waals surface area contributed by atoms with Crippen LogP contribution in [0.15, 0.2) is 42.5 Å². The molecular weight excluding hydrogens is 395 g/mol. The molecule has 1 heterocycles. The van der Waals surface area contributed by atoms with Crippen molar-refractivity contribution < 1.29 is 9.53 Å². The Hall–Kier alpha value is -2.35. The minimum Gasteiger partial charge on any atom is -0.497 e. The molecule has 0 saturated heterocycles. The lowest BCUT2D eigenvalue weighted by Gasteiger charge is -2.06. The summed E-state index contributed by atoms with van der Waals surface area (Å²) in [7, 11) is 1.63. The van der Waals surface area contributed by atoms with Gasteiger partial charge in [-0.2, -0.15) is 0 Å². The van der Waals surface area contributed by atoms with E-state index in [0.29, 0.717) is 27.3 Å². The summed E-state index contributed by atoms with van der Waals surface area (Å²) in [6.07, 6.45) is 0.623. The minimum absolute atomic E-state index is 0.363. The Kier molecular flexibility index (Phi) is 5.92. The molecule has 0 spiro atoms. The molecule has 2 aromatic carbocycles. The molecule has 134 valence electrons. The number of aromatic nitrogens is 2. The number of benzene rings is 2. The van der Waals surface area contributed by atoms with E-state index in [9.17, 15) is 4.79 Å². The second-order valence-corrected chi connectivity index (χ2v) is 7.11. The van der Waals surface area contributed by atoms with Crippen LogP contribution in [-0.4, -0.2) is 23.3 Å². The van der Waals surface area contributed by atoms with Crippen LogP contribution in [0, 0.1) is 0 Å². The van der Waals surface area contributed by atoms with Gasteiger partial charge in [0.2, 0.25) is 5.13 Å². The number of amides is 2. The molecule has 26 heavy (non-hydrogen) atoms. The van der Waals surface area contributed by atoms with Crippen molar-refractivity contribution in [3.63, 3.8) is 0 Å². The van der Waals surface area contributed by atoms with Crippen LogP contribution < -0.4 is 15.4 Å². The molecule has 0 unspecified atom stereocenters. The van der Waals surface area contributed by atoms with Crippen molar-refractivity contribution in [2.24, 2.45) is 0 Å². The third-order valence-corrected chi connectivity index (χ3v) is 4.96. The second kappa shape index (κ2) is 8.35. The number of urea groups is 1. The summed E-state index contributed by atoms with van der Waals surface area (Å²) in [6.45, 7) is 0. The number of methoxy groups -OCH3 is 1. The quantitative estimate of drug-likeness (QED) is 0.616. The van der Waals surface area contributed by atoms with E-state index in [1.165, 1.54) is 11.3 Å². The molecule has 3 aromatic rings. The molecule has 0 bridgehead atoms. The highest BCUT2D eigenvalue weighted by Gasteiger charge is 2.10. The SMILES string of the molecule is COc1ccc(Cc2nnc(NC(=O)Nc3ccc(Cl)c(Cl)c3)s2)cc1. The number of nitrogens with one attached hydrogen (secondary N) is 2. The van der Waals surface area contributed by atoms with Crippen LogP contribution in [0.1, 0.15) is 10.6 Å². The first-order chi connectivity index (χ1) is 12.5. The predicted molar refractivity (Wildman–Crippen MR) is 105 cm³/mol. The summed E-state index contributed by atoms with van der Waals surface area (Å²) < 4.78 is 5.13. The van der Waals surface area contributed by atoms with Gasteiger partial charge in [0, 0.05) is 12.1 Å². The van der Waals surface area contributed by atoms with Gasteiger partial charge in [-0.05, 0) is 35.9 Å². The third-order valence-electron chi connectivity index (χ3n) is 3.38. The molecule has 0 atom stereocenters. The molecule has 0 aliphatic heterocycles. The lowest BCUT2D eigenvalue weighted by molar-refractivity contribution is 0.262. The van der Waals surface area contributed by atoms with Gasteiger partial charge in [0.25, 0.3) is 0 Å². The number of ether oxygens (including phenoxy) is 1. The number of carbonyl (C=O) groups is 1. The Balaban J connectivity index is 1.58. The average Bonchev–Trinajstić information content (AvgIpc) is 3.05. The fourth-order valence-electron chi connectivity index (χ4n) is 2.13. The number of nitrogens with zero attached hydrogens (tertiary/aromatic N) is 2. The molecular formula is C17H14Cl2N4O2S. The van der Waals surface area contributed by atoms with Gasteiger partial charge in [0.15, 0.2) is 0 Å². The Morgan fingerprint density at radius 1 is 1.08 bits per heavy atom. The van der Waals surface area contributed by atoms with Crippen molar-refractivity contribution in [2.45, 2.75) is 6.42 Å². The van der Waals surface area contributed by atoms with E-state index in [-0.39, 0.29) is 0 Å². The number of halogens is 2. The molecule has 3 rings (SSSR count). The van der Waals surface area contributed by atoms with Gasteiger partial charge in [0.1, 0.15) is 10.8 Å². The second-order valence-electron chi connectivity index (χ2n) is 5.23. The van der Waals surface area contributed by atoms with Gasteiger partial charge < -0.3 is 10.1 Å². The highest BCUT2D eigenvalue weighted by Crippen LogP contribution is 2.25. The fourth-order valence-corrected chi connectivity index (χ4v) is 3.19. The minimum atomic E-state index is -0.435. The maximum absolute atomic E-state index is 12.0. The van der Waals surface area contributed by atoms with Crippen LogP contribution in [0.4, 0.5) is 15.6 Å². The van der Waals surface area contributed by atoms with Crippen LogP contribution in [-0.2, 0) is 6.42 Å². The van der Waals surface area contributed by atoms with Crippen LogP contribution in [0.25, 0.3) is 0 Å². The Morgan fingerprint density at radius 3 is 2.54 bits per heavy atom. The highest BCUT2D eigenvalue weighted by molar-refractivity contribution is 7.15. The van der Waals surface area contributed by atoms with Crippen molar-refractivity contribution in [3.05, 3.63) is 63.1 Å². The lowest BCUT2D eigenvalue weighted by Crippen LogP contribution is -2.19. The monoisotopic (exact) mass is 408 g/mol. The van der Waals surface area contributed by atoms with Crippen LogP contribution in [0.5, 0.6) is 5.75 Å². The van der Waals surface area contributed by atoms with Crippen LogP contribution in [0.2, 0.25) is 10.0 Å². The molecule has 6 nitrogen and oxygen atoms in total. The standard InChI is InChI=1S/C17H14Cl2N4O2S/c1-25-12-5-2-10(3-6-12)8-15-22-23-17(26-15)21-16(24)20-11-4-7-13(18)14(19)9-11/h2-7,9H,8H2,1H3,(H2,20,21,23,24). The normalized spacial score (nSPS) is 10.4. The molecule has 0 aliphatic carbocycles. The summed E-state index contributed by atoms with van der Waals surface area (Å²) in [6, 6.07) is 12.1. The zero-order valence-electron chi connectivity index (χ0n) is 13.6. The first-order valence-electron chi connectivity index (χ1n) is 7.52. The van der Waals surface area contributed by atoms with Crippen LogP contribution >= 0.6 is 34.5 Å². The molecule has 1 aromatic heterocycles. The van der Waals surface area contributed by atoms with Crippen molar-refractivity contribution in [2.75, 3.05) is 17.7 Å². The molecule has 2 amide bonds. The van der Waals surface area contributed by atoms with E-state index in [1.54, 1.807) is 25.3 Å². The summed E-state index contributed by atoms with van der Waals surface area (Å²) >= 11 is 13.1.